The fraction of sp³-hybridized carbons (Fsp3) is 0.0588. The van der Waals surface area contributed by atoms with Crippen LogP contribution in [0.2, 0.25) is 0 Å². The van der Waals surface area contributed by atoms with Crippen molar-refractivity contribution in [3.05, 3.63) is 75.8 Å². The molecule has 6 nitrogen and oxygen atoms in total. The zero-order valence-corrected chi connectivity index (χ0v) is 12.4. The average Bonchev–Trinajstić information content (AvgIpc) is 2.52. The fourth-order valence-corrected chi connectivity index (χ4v) is 2.01. The molecule has 6 heteroatoms. The molecule has 0 aliphatic carbocycles. The van der Waals surface area contributed by atoms with Gasteiger partial charge in [0.05, 0.1) is 10.5 Å². The van der Waals surface area contributed by atoms with E-state index in [0.717, 1.165) is 0 Å². The van der Waals surface area contributed by atoms with Crippen molar-refractivity contribution in [3.63, 3.8) is 0 Å². The smallest absolute Gasteiger partial charge is 0.276 e. The Bertz CT molecular complexity index is 797. The van der Waals surface area contributed by atoms with Gasteiger partial charge in [-0.2, -0.15) is 0 Å². The van der Waals surface area contributed by atoms with Gasteiger partial charge in [0.15, 0.2) is 5.78 Å². The van der Waals surface area contributed by atoms with Gasteiger partial charge in [0.25, 0.3) is 5.69 Å². The van der Waals surface area contributed by atoms with E-state index >= 15 is 0 Å². The highest BCUT2D eigenvalue weighted by Crippen LogP contribution is 2.19. The Morgan fingerprint density at radius 1 is 1.13 bits per heavy atom. The number of anilines is 1. The van der Waals surface area contributed by atoms with E-state index in [4.69, 9.17) is 0 Å². The first kappa shape index (κ1) is 16.1. The van der Waals surface area contributed by atoms with E-state index in [0.29, 0.717) is 16.8 Å². The molecule has 0 bridgehead atoms. The van der Waals surface area contributed by atoms with Gasteiger partial charge < -0.3 is 5.32 Å². The maximum atomic E-state index is 12.2. The molecule has 0 fully saturated rings. The van der Waals surface area contributed by atoms with E-state index in [9.17, 15) is 19.7 Å². The lowest BCUT2D eigenvalue weighted by Crippen LogP contribution is -2.06. The molecule has 0 atom stereocenters. The standard InChI is InChI=1S/C17H14N2O4/c1-12(20)18-15-7-4-6-14(11-15)17(21)10-9-13-5-2-3-8-16(13)19(22)23/h2-11H,1H3,(H,18,20). The van der Waals surface area contributed by atoms with Crippen LogP contribution in [-0.2, 0) is 4.79 Å². The highest BCUT2D eigenvalue weighted by Gasteiger charge is 2.10. The molecule has 2 aromatic rings. The lowest BCUT2D eigenvalue weighted by Gasteiger charge is -2.03. The van der Waals surface area contributed by atoms with Crippen LogP contribution in [0.15, 0.2) is 54.6 Å². The summed E-state index contributed by atoms with van der Waals surface area (Å²) >= 11 is 0. The number of allylic oxidation sites excluding steroid dienone is 1. The molecule has 0 saturated carbocycles. The molecule has 1 amide bonds. The number of nitro groups is 1. The van der Waals surface area contributed by atoms with Crippen molar-refractivity contribution in [2.75, 3.05) is 5.32 Å². The van der Waals surface area contributed by atoms with Gasteiger partial charge in [0.2, 0.25) is 5.91 Å². The molecule has 0 radical (unpaired) electrons. The van der Waals surface area contributed by atoms with Gasteiger partial charge in [-0.05, 0) is 30.4 Å². The van der Waals surface area contributed by atoms with Crippen molar-refractivity contribution in [1.82, 2.24) is 0 Å². The van der Waals surface area contributed by atoms with E-state index in [1.807, 2.05) is 0 Å². The summed E-state index contributed by atoms with van der Waals surface area (Å²) in [5.41, 5.74) is 1.18. The first-order chi connectivity index (χ1) is 11.0. The molecule has 0 saturated heterocycles. The number of hydrogen-bond donors (Lipinski definition) is 1. The third kappa shape index (κ3) is 4.34. The first-order valence-corrected chi connectivity index (χ1v) is 6.81. The van der Waals surface area contributed by atoms with Crippen LogP contribution < -0.4 is 5.32 Å². The number of nitro benzene ring substituents is 1. The first-order valence-electron chi connectivity index (χ1n) is 6.81. The van der Waals surface area contributed by atoms with Crippen LogP contribution in [0, 0.1) is 10.1 Å². The third-order valence-electron chi connectivity index (χ3n) is 3.02. The molecule has 116 valence electrons. The van der Waals surface area contributed by atoms with Crippen molar-refractivity contribution in [2.45, 2.75) is 6.92 Å². The minimum atomic E-state index is -0.498. The second-order valence-electron chi connectivity index (χ2n) is 4.78. The summed E-state index contributed by atoms with van der Waals surface area (Å²) in [6.07, 6.45) is 2.68. The monoisotopic (exact) mass is 310 g/mol. The maximum absolute atomic E-state index is 12.2. The Kier molecular flexibility index (Phi) is 4.99. The predicted molar refractivity (Wildman–Crippen MR) is 87.2 cm³/mol. The molecule has 0 heterocycles. The van der Waals surface area contributed by atoms with Gasteiger partial charge in [-0.1, -0.05) is 24.3 Å². The summed E-state index contributed by atoms with van der Waals surface area (Å²) in [6.45, 7) is 1.38. The van der Waals surface area contributed by atoms with E-state index in [-0.39, 0.29) is 17.4 Å². The molecular formula is C17H14N2O4. The maximum Gasteiger partial charge on any atom is 0.276 e. The molecule has 1 N–H and O–H groups in total. The van der Waals surface area contributed by atoms with Crippen LogP contribution in [0.4, 0.5) is 11.4 Å². The largest absolute Gasteiger partial charge is 0.326 e. The SMILES string of the molecule is CC(=O)Nc1cccc(C(=O)C=Cc2ccccc2[N+](=O)[O-])c1. The topological polar surface area (TPSA) is 89.3 Å². The highest BCUT2D eigenvalue weighted by molar-refractivity contribution is 6.07. The Morgan fingerprint density at radius 2 is 1.87 bits per heavy atom. The normalized spacial score (nSPS) is 10.5. The lowest BCUT2D eigenvalue weighted by molar-refractivity contribution is -0.385. The van der Waals surface area contributed by atoms with E-state index in [1.54, 1.807) is 42.5 Å². The molecule has 0 aromatic heterocycles. The Balaban J connectivity index is 2.22. The van der Waals surface area contributed by atoms with Gasteiger partial charge in [0.1, 0.15) is 0 Å². The van der Waals surface area contributed by atoms with Crippen molar-refractivity contribution in [1.29, 1.82) is 0 Å². The van der Waals surface area contributed by atoms with E-state index in [2.05, 4.69) is 5.32 Å². The van der Waals surface area contributed by atoms with Crippen molar-refractivity contribution >= 4 is 29.1 Å². The molecule has 23 heavy (non-hydrogen) atoms. The number of hydrogen-bond acceptors (Lipinski definition) is 4. The van der Waals surface area contributed by atoms with Crippen molar-refractivity contribution < 1.29 is 14.5 Å². The number of nitrogens with one attached hydrogen (secondary N) is 1. The van der Waals surface area contributed by atoms with Crippen LogP contribution in [0.25, 0.3) is 6.08 Å². The summed E-state index contributed by atoms with van der Waals surface area (Å²) in [5, 5.41) is 13.5. The molecular weight excluding hydrogens is 296 g/mol. The number of carbonyl (C=O) groups is 2. The van der Waals surface area contributed by atoms with E-state index < -0.39 is 4.92 Å². The van der Waals surface area contributed by atoms with Gasteiger partial charge in [0, 0.05) is 24.2 Å². The lowest BCUT2D eigenvalue weighted by atomic mass is 10.1. The summed E-state index contributed by atoms with van der Waals surface area (Å²) in [6, 6.07) is 12.6. The van der Waals surface area contributed by atoms with E-state index in [1.165, 1.54) is 25.1 Å². The van der Waals surface area contributed by atoms with Gasteiger partial charge in [-0.3, -0.25) is 19.7 Å². The number of nitrogens with zero attached hydrogens (tertiary/aromatic N) is 1. The summed E-state index contributed by atoms with van der Waals surface area (Å²) < 4.78 is 0. The van der Waals surface area contributed by atoms with Crippen molar-refractivity contribution in [3.8, 4) is 0 Å². The molecule has 0 spiro atoms. The number of ketones is 1. The Morgan fingerprint density at radius 3 is 2.57 bits per heavy atom. The fourth-order valence-electron chi connectivity index (χ4n) is 2.01. The third-order valence-corrected chi connectivity index (χ3v) is 3.02. The van der Waals surface area contributed by atoms with Crippen LogP contribution in [-0.4, -0.2) is 16.6 Å². The minimum absolute atomic E-state index is 0.0662. The molecule has 0 aliphatic heterocycles. The van der Waals surface area contributed by atoms with Crippen molar-refractivity contribution in [2.24, 2.45) is 0 Å². The number of amides is 1. The summed E-state index contributed by atoms with van der Waals surface area (Å²) in [4.78, 5) is 33.6. The van der Waals surface area contributed by atoms with Crippen LogP contribution in [0.3, 0.4) is 0 Å². The Labute approximate surface area is 132 Å². The second-order valence-corrected chi connectivity index (χ2v) is 4.78. The number of carbonyl (C=O) groups excluding carboxylic acids is 2. The van der Waals surface area contributed by atoms with Gasteiger partial charge in [-0.25, -0.2) is 0 Å². The highest BCUT2D eigenvalue weighted by atomic mass is 16.6. The molecule has 2 rings (SSSR count). The predicted octanol–water partition coefficient (Wildman–Crippen LogP) is 3.45. The number of benzene rings is 2. The van der Waals surface area contributed by atoms with Crippen LogP contribution in [0.5, 0.6) is 0 Å². The zero-order chi connectivity index (χ0) is 16.8. The molecule has 2 aromatic carbocycles. The Hall–Kier alpha value is -3.28. The number of para-hydroxylation sites is 1. The molecule has 0 unspecified atom stereocenters. The summed E-state index contributed by atoms with van der Waals surface area (Å²) in [5.74, 6) is -0.541. The zero-order valence-electron chi connectivity index (χ0n) is 12.4. The number of rotatable bonds is 5. The molecule has 0 aliphatic rings. The van der Waals surface area contributed by atoms with Crippen LogP contribution >= 0.6 is 0 Å². The minimum Gasteiger partial charge on any atom is -0.326 e. The van der Waals surface area contributed by atoms with Gasteiger partial charge >= 0.3 is 0 Å². The average molecular weight is 310 g/mol. The second kappa shape index (κ2) is 7.13. The van der Waals surface area contributed by atoms with Gasteiger partial charge in [-0.15, -0.1) is 0 Å². The van der Waals surface area contributed by atoms with Crippen LogP contribution in [0.1, 0.15) is 22.8 Å². The quantitative estimate of drug-likeness (QED) is 0.396. The summed E-state index contributed by atoms with van der Waals surface area (Å²) in [7, 11) is 0.